The van der Waals surface area contributed by atoms with Gasteiger partial charge in [-0.25, -0.2) is 8.78 Å². The minimum Gasteiger partial charge on any atom is -0.389 e. The first-order valence-electron chi connectivity index (χ1n) is 14.3. The van der Waals surface area contributed by atoms with E-state index in [2.05, 4.69) is 10.6 Å². The highest BCUT2D eigenvalue weighted by atomic mass is 19.1. The molecule has 40 heavy (non-hydrogen) atoms. The van der Waals surface area contributed by atoms with Gasteiger partial charge in [-0.2, -0.15) is 0 Å². The van der Waals surface area contributed by atoms with Crippen molar-refractivity contribution in [2.24, 2.45) is 0 Å². The lowest BCUT2D eigenvalue weighted by Crippen LogP contribution is -2.52. The van der Waals surface area contributed by atoms with Crippen molar-refractivity contribution in [3.05, 3.63) is 70.3 Å². The van der Waals surface area contributed by atoms with E-state index in [1.54, 1.807) is 23.1 Å². The van der Waals surface area contributed by atoms with Crippen LogP contribution in [0.2, 0.25) is 0 Å². The van der Waals surface area contributed by atoms with Gasteiger partial charge in [0.1, 0.15) is 11.6 Å². The summed E-state index contributed by atoms with van der Waals surface area (Å²) in [6.07, 6.45) is 1.96. The summed E-state index contributed by atoms with van der Waals surface area (Å²) in [6, 6.07) is 6.96. The predicted octanol–water partition coefficient (Wildman–Crippen LogP) is 4.39. The van der Waals surface area contributed by atoms with Crippen LogP contribution in [0.25, 0.3) is 0 Å². The number of carbonyl (C=O) groups is 2. The van der Waals surface area contributed by atoms with Gasteiger partial charge in [0.2, 0.25) is 0 Å². The van der Waals surface area contributed by atoms with E-state index in [1.165, 1.54) is 12.1 Å². The van der Waals surface area contributed by atoms with Crippen molar-refractivity contribution in [2.75, 3.05) is 26.2 Å². The molecule has 0 spiro atoms. The molecule has 0 aliphatic carbocycles. The van der Waals surface area contributed by atoms with Crippen LogP contribution in [0.5, 0.6) is 0 Å². The Hall–Kier alpha value is -2.88. The Morgan fingerprint density at radius 1 is 1.02 bits per heavy atom. The minimum absolute atomic E-state index is 0.0125. The van der Waals surface area contributed by atoms with Crippen molar-refractivity contribution in [1.82, 2.24) is 15.5 Å². The third-order valence-electron chi connectivity index (χ3n) is 7.06. The van der Waals surface area contributed by atoms with Crippen LogP contribution in [-0.2, 0) is 11.2 Å². The molecule has 0 bridgehead atoms. The molecule has 1 saturated heterocycles. The van der Waals surface area contributed by atoms with E-state index in [0.717, 1.165) is 30.9 Å². The number of aliphatic hydroxyl groups is 1. The van der Waals surface area contributed by atoms with Crippen LogP contribution >= 0.6 is 0 Å². The largest absolute Gasteiger partial charge is 0.389 e. The van der Waals surface area contributed by atoms with Gasteiger partial charge in [0.25, 0.3) is 11.8 Å². The summed E-state index contributed by atoms with van der Waals surface area (Å²) in [7, 11) is 0. The van der Waals surface area contributed by atoms with Crippen molar-refractivity contribution in [3.63, 3.8) is 0 Å². The van der Waals surface area contributed by atoms with Gasteiger partial charge in [-0.3, -0.25) is 9.59 Å². The predicted molar refractivity (Wildman–Crippen MR) is 151 cm³/mol. The number of nitrogens with one attached hydrogen (secondary N) is 2. The van der Waals surface area contributed by atoms with Gasteiger partial charge in [-0.1, -0.05) is 20.8 Å². The van der Waals surface area contributed by atoms with Crippen LogP contribution in [0.3, 0.4) is 0 Å². The smallest absolute Gasteiger partial charge is 0.253 e. The van der Waals surface area contributed by atoms with E-state index >= 15 is 0 Å². The van der Waals surface area contributed by atoms with Crippen molar-refractivity contribution in [1.29, 1.82) is 0 Å². The molecule has 7 nitrogen and oxygen atoms in total. The van der Waals surface area contributed by atoms with E-state index < -0.39 is 29.7 Å². The molecule has 2 aromatic rings. The van der Waals surface area contributed by atoms with Crippen molar-refractivity contribution in [3.8, 4) is 0 Å². The number of ether oxygens (including phenoxy) is 1. The third-order valence-corrected chi connectivity index (χ3v) is 7.06. The van der Waals surface area contributed by atoms with E-state index in [4.69, 9.17) is 4.74 Å². The maximum atomic E-state index is 14.0. The molecule has 4 atom stereocenters. The summed E-state index contributed by atoms with van der Waals surface area (Å²) in [5.41, 5.74) is 1.77. The first-order valence-corrected chi connectivity index (χ1v) is 14.3. The second kappa shape index (κ2) is 15.2. The standard InChI is InChI=1S/C31H43F2N3O4/c1-5-8-36(9-6-2)31(39)23-12-20(4)11-22(16-23)30(38)35-28(15-21-13-24(32)17-25(33)14-21)29(37)27-18-26(19-34-27)40-10-7-3/h11-14,16-17,26-29,34,37H,5-10,15,18-19H2,1-4H3,(H,35,38). The number of hydrogen-bond donors (Lipinski definition) is 3. The number of carbonyl (C=O) groups excluding carboxylic acids is 2. The Morgan fingerprint density at radius 2 is 1.68 bits per heavy atom. The van der Waals surface area contributed by atoms with Gasteiger partial charge in [-0.15, -0.1) is 0 Å². The maximum absolute atomic E-state index is 14.0. The van der Waals surface area contributed by atoms with Crippen LogP contribution in [-0.4, -0.2) is 72.4 Å². The van der Waals surface area contributed by atoms with Gasteiger partial charge >= 0.3 is 0 Å². The Labute approximate surface area is 236 Å². The number of hydrogen-bond acceptors (Lipinski definition) is 5. The molecule has 3 N–H and O–H groups in total. The highest BCUT2D eigenvalue weighted by Crippen LogP contribution is 2.20. The van der Waals surface area contributed by atoms with Crippen LogP contribution < -0.4 is 10.6 Å². The average Bonchev–Trinajstić information content (AvgIpc) is 3.38. The fraction of sp³-hybridized carbons (Fsp3) is 0.548. The zero-order chi connectivity index (χ0) is 29.2. The second-order valence-electron chi connectivity index (χ2n) is 10.7. The number of aryl methyl sites for hydroxylation is 1. The van der Waals surface area contributed by atoms with Gasteiger partial charge in [0.15, 0.2) is 0 Å². The molecule has 1 aliphatic rings. The number of amides is 2. The van der Waals surface area contributed by atoms with Gasteiger partial charge < -0.3 is 25.4 Å². The van der Waals surface area contributed by atoms with E-state index in [0.29, 0.717) is 43.8 Å². The summed E-state index contributed by atoms with van der Waals surface area (Å²) in [5, 5.41) is 17.5. The average molecular weight is 560 g/mol. The van der Waals surface area contributed by atoms with Gasteiger partial charge in [0, 0.05) is 49.5 Å². The first kappa shape index (κ1) is 31.6. The maximum Gasteiger partial charge on any atom is 0.253 e. The fourth-order valence-electron chi connectivity index (χ4n) is 5.25. The van der Waals surface area contributed by atoms with Crippen molar-refractivity contribution in [2.45, 2.75) is 84.1 Å². The Bertz CT molecular complexity index is 1120. The van der Waals surface area contributed by atoms with Crippen LogP contribution in [0.15, 0.2) is 36.4 Å². The Kier molecular flexibility index (Phi) is 12.0. The summed E-state index contributed by atoms with van der Waals surface area (Å²) >= 11 is 0. The van der Waals surface area contributed by atoms with E-state index in [-0.39, 0.29) is 30.0 Å². The number of rotatable bonds is 14. The van der Waals surface area contributed by atoms with Crippen LogP contribution in [0.4, 0.5) is 8.78 Å². The number of aliphatic hydroxyl groups excluding tert-OH is 1. The summed E-state index contributed by atoms with van der Waals surface area (Å²) in [4.78, 5) is 28.5. The lowest BCUT2D eigenvalue weighted by molar-refractivity contribution is 0.0514. The molecule has 9 heteroatoms. The fourth-order valence-corrected chi connectivity index (χ4v) is 5.25. The SMILES string of the molecule is CCCOC1CNC(C(O)C(Cc2cc(F)cc(F)c2)NC(=O)c2cc(C)cc(C(=O)N(CCC)CCC)c2)C1. The number of benzene rings is 2. The molecule has 1 fully saturated rings. The third kappa shape index (κ3) is 8.81. The molecule has 4 unspecified atom stereocenters. The monoisotopic (exact) mass is 559 g/mol. The molecule has 2 amide bonds. The lowest BCUT2D eigenvalue weighted by atomic mass is 9.94. The van der Waals surface area contributed by atoms with Gasteiger partial charge in [-0.05, 0) is 80.5 Å². The quantitative estimate of drug-likeness (QED) is 0.319. The normalized spacial score (nSPS) is 18.4. The molecule has 0 saturated carbocycles. The zero-order valence-corrected chi connectivity index (χ0v) is 24.0. The van der Waals surface area contributed by atoms with Crippen molar-refractivity contribution >= 4 is 11.8 Å². The molecular formula is C31H43F2N3O4. The molecule has 2 aromatic carbocycles. The van der Waals surface area contributed by atoms with Crippen LogP contribution in [0.1, 0.15) is 78.3 Å². The molecule has 0 aromatic heterocycles. The highest BCUT2D eigenvalue weighted by Gasteiger charge is 2.35. The number of nitrogens with zero attached hydrogens (tertiary/aromatic N) is 1. The topological polar surface area (TPSA) is 90.9 Å². The lowest BCUT2D eigenvalue weighted by Gasteiger charge is -2.29. The van der Waals surface area contributed by atoms with E-state index in [1.807, 2.05) is 27.7 Å². The molecule has 220 valence electrons. The molecular weight excluding hydrogens is 516 g/mol. The van der Waals surface area contributed by atoms with Gasteiger partial charge in [0.05, 0.1) is 18.2 Å². The van der Waals surface area contributed by atoms with E-state index in [9.17, 15) is 23.5 Å². The molecule has 3 rings (SSSR count). The molecule has 1 aliphatic heterocycles. The summed E-state index contributed by atoms with van der Waals surface area (Å²) in [6.45, 7) is 10.3. The Balaban J connectivity index is 1.85. The highest BCUT2D eigenvalue weighted by molar-refractivity contribution is 6.00. The van der Waals surface area contributed by atoms with Crippen LogP contribution in [0, 0.1) is 18.6 Å². The zero-order valence-electron chi connectivity index (χ0n) is 24.0. The van der Waals surface area contributed by atoms with Crippen molar-refractivity contribution < 1.29 is 28.2 Å². The molecule has 0 radical (unpaired) electrons. The first-order chi connectivity index (χ1) is 19.1. The number of halogens is 2. The summed E-state index contributed by atoms with van der Waals surface area (Å²) in [5.74, 6) is -2.08. The second-order valence-corrected chi connectivity index (χ2v) is 10.7. The molecule has 1 heterocycles. The minimum atomic E-state index is -1.05. The summed E-state index contributed by atoms with van der Waals surface area (Å²) < 4.78 is 33.7. The Morgan fingerprint density at radius 3 is 2.30 bits per heavy atom.